The Hall–Kier alpha value is -2.93. The normalized spacial score (nSPS) is 11.5. The molecule has 0 atom stereocenters. The summed E-state index contributed by atoms with van der Waals surface area (Å²) < 4.78 is 11.0. The summed E-state index contributed by atoms with van der Waals surface area (Å²) in [5.74, 6) is -0.335. The lowest BCUT2D eigenvalue weighted by molar-refractivity contribution is -0.156. The van der Waals surface area contributed by atoms with E-state index >= 15 is 0 Å². The Bertz CT molecular complexity index is 914. The van der Waals surface area contributed by atoms with E-state index in [4.69, 9.17) is 21.7 Å². The van der Waals surface area contributed by atoms with Crippen LogP contribution in [-0.4, -0.2) is 30.1 Å². The second-order valence-corrected chi connectivity index (χ2v) is 11.4. The zero-order chi connectivity index (χ0) is 27.9. The lowest BCUT2D eigenvalue weighted by Crippen LogP contribution is -2.36. The molecule has 0 radical (unpaired) electrons. The van der Waals surface area contributed by atoms with Gasteiger partial charge < -0.3 is 20.1 Å². The summed E-state index contributed by atoms with van der Waals surface area (Å²) in [7, 11) is 0. The second kappa shape index (κ2) is 16.1. The van der Waals surface area contributed by atoms with Crippen LogP contribution in [0.15, 0.2) is 60.7 Å². The molecule has 0 heterocycles. The number of rotatable bonds is 16. The maximum atomic E-state index is 12.5. The lowest BCUT2D eigenvalue weighted by Gasteiger charge is -2.23. The van der Waals surface area contributed by atoms with Crippen LogP contribution < -0.4 is 10.6 Å². The summed E-state index contributed by atoms with van der Waals surface area (Å²) in [6.45, 7) is 9.85. The largest absolute Gasteiger partial charge is 0.460 e. The van der Waals surface area contributed by atoms with Gasteiger partial charge in [0.2, 0.25) is 0 Å². The predicted octanol–water partition coefficient (Wildman–Crippen LogP) is 6.33. The van der Waals surface area contributed by atoms with Gasteiger partial charge in [-0.3, -0.25) is 9.59 Å². The molecule has 208 valence electrons. The molecule has 0 amide bonds. The highest BCUT2D eigenvalue weighted by Crippen LogP contribution is 2.26. The average Bonchev–Trinajstić information content (AvgIpc) is 2.90. The van der Waals surface area contributed by atoms with Crippen molar-refractivity contribution in [1.82, 2.24) is 10.6 Å². The van der Waals surface area contributed by atoms with Gasteiger partial charge in [0.05, 0.1) is 10.8 Å². The smallest absolute Gasteiger partial charge is 0.311 e. The Kier molecular flexibility index (Phi) is 13.3. The fourth-order valence-corrected chi connectivity index (χ4v) is 4.10. The molecule has 7 heteroatoms. The lowest BCUT2D eigenvalue weighted by atomic mass is 9.87. The van der Waals surface area contributed by atoms with Gasteiger partial charge in [0.1, 0.15) is 13.2 Å². The molecule has 0 aliphatic carbocycles. The molecule has 2 aromatic rings. The van der Waals surface area contributed by atoms with Crippen molar-refractivity contribution in [2.24, 2.45) is 10.8 Å². The van der Waals surface area contributed by atoms with Crippen LogP contribution >= 0.6 is 12.2 Å². The third-order valence-corrected chi connectivity index (χ3v) is 6.85. The highest BCUT2D eigenvalue weighted by Gasteiger charge is 2.29. The van der Waals surface area contributed by atoms with Gasteiger partial charge in [-0.15, -0.1) is 0 Å². The van der Waals surface area contributed by atoms with Crippen LogP contribution in [-0.2, 0) is 32.3 Å². The molecular weight excluding hydrogens is 496 g/mol. The third kappa shape index (κ3) is 12.1. The summed E-state index contributed by atoms with van der Waals surface area (Å²) in [6.07, 6.45) is 5.14. The summed E-state index contributed by atoms with van der Waals surface area (Å²) in [4.78, 5) is 25.0. The number of carbonyl (C=O) groups is 2. The summed E-state index contributed by atoms with van der Waals surface area (Å²) in [5, 5.41) is 7.10. The summed E-state index contributed by atoms with van der Waals surface area (Å²) >= 11 is 5.37. The van der Waals surface area contributed by atoms with E-state index in [2.05, 4.69) is 10.6 Å². The predicted molar refractivity (Wildman–Crippen MR) is 156 cm³/mol. The van der Waals surface area contributed by atoms with Crippen molar-refractivity contribution in [1.29, 1.82) is 0 Å². The number of hydrogen-bond donors (Lipinski definition) is 2. The van der Waals surface area contributed by atoms with Gasteiger partial charge in [0, 0.05) is 13.1 Å². The van der Waals surface area contributed by atoms with Crippen molar-refractivity contribution in [3.63, 3.8) is 0 Å². The van der Waals surface area contributed by atoms with Crippen LogP contribution in [0.3, 0.4) is 0 Å². The van der Waals surface area contributed by atoms with Gasteiger partial charge in [-0.2, -0.15) is 0 Å². The standard InChI is InChI=1S/C31H44N2O4S/c1-30(2,27(34)36-23-25-15-7-5-8-16-25)19-11-13-21-32-29(38)33-22-14-12-20-31(3,4)28(35)37-24-26-17-9-6-10-18-26/h5-10,15-18H,11-14,19-24H2,1-4H3,(H2,32,33,38). The fraction of sp³-hybridized carbons (Fsp3) is 0.516. The molecule has 6 nitrogen and oxygen atoms in total. The van der Waals surface area contributed by atoms with Crippen molar-refractivity contribution >= 4 is 29.3 Å². The number of unbranched alkanes of at least 4 members (excludes halogenated alkanes) is 2. The topological polar surface area (TPSA) is 76.7 Å². The molecule has 0 fully saturated rings. The van der Waals surface area contributed by atoms with E-state index in [0.717, 1.165) is 62.7 Å². The molecular formula is C31H44N2O4S. The highest BCUT2D eigenvalue weighted by atomic mass is 32.1. The van der Waals surface area contributed by atoms with Crippen molar-refractivity contribution in [3.05, 3.63) is 71.8 Å². The Labute approximate surface area is 233 Å². The van der Waals surface area contributed by atoms with Crippen LogP contribution in [0.4, 0.5) is 0 Å². The van der Waals surface area contributed by atoms with Crippen molar-refractivity contribution in [2.45, 2.75) is 79.4 Å². The zero-order valence-corrected chi connectivity index (χ0v) is 24.2. The molecule has 0 spiro atoms. The number of thiocarbonyl (C=S) groups is 1. The van der Waals surface area contributed by atoms with E-state index in [1.54, 1.807) is 0 Å². The Morgan fingerprint density at radius 3 is 1.39 bits per heavy atom. The van der Waals surface area contributed by atoms with E-state index in [0.29, 0.717) is 18.3 Å². The van der Waals surface area contributed by atoms with Crippen molar-refractivity contribution < 1.29 is 19.1 Å². The summed E-state index contributed by atoms with van der Waals surface area (Å²) in [6, 6.07) is 19.5. The van der Waals surface area contributed by atoms with Gasteiger partial charge in [0.25, 0.3) is 0 Å². The minimum absolute atomic E-state index is 0.167. The van der Waals surface area contributed by atoms with E-state index in [9.17, 15) is 9.59 Å². The third-order valence-electron chi connectivity index (χ3n) is 6.56. The first-order chi connectivity index (χ1) is 18.1. The van der Waals surface area contributed by atoms with Crippen LogP contribution in [0.5, 0.6) is 0 Å². The molecule has 2 rings (SSSR count). The van der Waals surface area contributed by atoms with Gasteiger partial charge in [-0.1, -0.05) is 73.5 Å². The van der Waals surface area contributed by atoms with E-state index < -0.39 is 10.8 Å². The number of nitrogens with one attached hydrogen (secondary N) is 2. The Balaban J connectivity index is 1.51. The van der Waals surface area contributed by atoms with E-state index in [1.165, 1.54) is 0 Å². The number of benzene rings is 2. The fourth-order valence-electron chi connectivity index (χ4n) is 3.89. The zero-order valence-electron chi connectivity index (χ0n) is 23.4. The van der Waals surface area contributed by atoms with Gasteiger partial charge in [-0.25, -0.2) is 0 Å². The summed E-state index contributed by atoms with van der Waals surface area (Å²) in [5.41, 5.74) is 0.948. The van der Waals surface area contributed by atoms with Crippen LogP contribution in [0.1, 0.15) is 77.3 Å². The van der Waals surface area contributed by atoms with E-state index in [-0.39, 0.29) is 11.9 Å². The highest BCUT2D eigenvalue weighted by molar-refractivity contribution is 7.80. The molecule has 0 aliphatic heterocycles. The van der Waals surface area contributed by atoms with E-state index in [1.807, 2.05) is 88.4 Å². The quantitative estimate of drug-likeness (QED) is 0.146. The van der Waals surface area contributed by atoms with Crippen LogP contribution in [0.25, 0.3) is 0 Å². The second-order valence-electron chi connectivity index (χ2n) is 11.0. The van der Waals surface area contributed by atoms with Gasteiger partial charge >= 0.3 is 11.9 Å². The van der Waals surface area contributed by atoms with Crippen molar-refractivity contribution in [2.75, 3.05) is 13.1 Å². The monoisotopic (exact) mass is 540 g/mol. The molecule has 0 unspecified atom stereocenters. The molecule has 2 aromatic carbocycles. The average molecular weight is 541 g/mol. The first kappa shape index (κ1) is 31.3. The number of esters is 2. The van der Waals surface area contributed by atoms with Gasteiger partial charge in [-0.05, 0) is 76.7 Å². The minimum Gasteiger partial charge on any atom is -0.460 e. The maximum Gasteiger partial charge on any atom is 0.311 e. The Morgan fingerprint density at radius 2 is 1.03 bits per heavy atom. The first-order valence-corrected chi connectivity index (χ1v) is 13.9. The molecule has 0 saturated carbocycles. The maximum absolute atomic E-state index is 12.5. The minimum atomic E-state index is -0.519. The molecule has 2 N–H and O–H groups in total. The molecule has 0 bridgehead atoms. The molecule has 0 aromatic heterocycles. The van der Waals surface area contributed by atoms with Gasteiger partial charge in [0.15, 0.2) is 5.11 Å². The number of hydrogen-bond acceptors (Lipinski definition) is 5. The number of carbonyl (C=O) groups excluding carboxylic acids is 2. The molecule has 0 saturated heterocycles. The first-order valence-electron chi connectivity index (χ1n) is 13.5. The van der Waals surface area contributed by atoms with Crippen LogP contribution in [0, 0.1) is 10.8 Å². The van der Waals surface area contributed by atoms with Crippen molar-refractivity contribution in [3.8, 4) is 0 Å². The molecule has 0 aliphatic rings. The SMILES string of the molecule is CC(C)(CCCCNC(=S)NCCCCC(C)(C)C(=O)OCc1ccccc1)C(=O)OCc1ccccc1. The van der Waals surface area contributed by atoms with Crippen LogP contribution in [0.2, 0.25) is 0 Å². The number of ether oxygens (including phenoxy) is 2. The Morgan fingerprint density at radius 1 is 0.658 bits per heavy atom. The molecule has 38 heavy (non-hydrogen) atoms.